The molecule has 1 aromatic carbocycles. The number of ether oxygens (including phenoxy) is 1. The Bertz CT molecular complexity index is 633. The maximum atomic E-state index is 13.3. The summed E-state index contributed by atoms with van der Waals surface area (Å²) in [7, 11) is 0. The van der Waals surface area contributed by atoms with Gasteiger partial charge in [0.1, 0.15) is 24.5 Å². The van der Waals surface area contributed by atoms with Crippen LogP contribution in [0, 0.1) is 5.82 Å². The Hall–Kier alpha value is -2.17. The number of rotatable bonds is 5. The van der Waals surface area contributed by atoms with E-state index in [1.165, 1.54) is 43.9 Å². The van der Waals surface area contributed by atoms with Crippen molar-refractivity contribution < 1.29 is 13.9 Å². The van der Waals surface area contributed by atoms with Crippen molar-refractivity contribution in [2.75, 3.05) is 0 Å². The van der Waals surface area contributed by atoms with E-state index >= 15 is 0 Å². The van der Waals surface area contributed by atoms with Gasteiger partial charge in [0, 0.05) is 17.8 Å². The largest absolute Gasteiger partial charge is 0.487 e. The summed E-state index contributed by atoms with van der Waals surface area (Å²) in [6, 6.07) is 6.37. The van der Waals surface area contributed by atoms with E-state index in [-0.39, 0.29) is 12.2 Å². The van der Waals surface area contributed by atoms with E-state index in [1.54, 1.807) is 0 Å². The van der Waals surface area contributed by atoms with Gasteiger partial charge in [-0.3, -0.25) is 9.48 Å². The van der Waals surface area contributed by atoms with Gasteiger partial charge in [-0.2, -0.15) is 5.10 Å². The smallest absolute Gasteiger partial charge is 0.150 e. The third kappa shape index (κ3) is 3.29. The second-order valence-corrected chi connectivity index (χ2v) is 5.35. The number of halogens is 1. The van der Waals surface area contributed by atoms with Gasteiger partial charge in [0.15, 0.2) is 0 Å². The Morgan fingerprint density at radius 1 is 1.33 bits per heavy atom. The second-order valence-electron chi connectivity index (χ2n) is 5.35. The fourth-order valence-electron chi connectivity index (χ4n) is 2.72. The molecule has 0 spiro atoms. The fraction of sp³-hybridized carbons (Fsp3) is 0.375. The van der Waals surface area contributed by atoms with Gasteiger partial charge >= 0.3 is 0 Å². The second kappa shape index (κ2) is 6.08. The molecule has 0 N–H and O–H groups in total. The maximum Gasteiger partial charge on any atom is 0.150 e. The van der Waals surface area contributed by atoms with Gasteiger partial charge in [-0.05, 0) is 31.0 Å². The minimum Gasteiger partial charge on any atom is -0.487 e. The quantitative estimate of drug-likeness (QED) is 0.791. The van der Waals surface area contributed by atoms with E-state index in [1.807, 2.05) is 16.9 Å². The first kappa shape index (κ1) is 13.8. The van der Waals surface area contributed by atoms with Crippen LogP contribution in [-0.4, -0.2) is 16.1 Å². The maximum absolute atomic E-state index is 13.3. The molecule has 5 heteroatoms. The minimum absolute atomic E-state index is 0.265. The monoisotopic (exact) mass is 288 g/mol. The van der Waals surface area contributed by atoms with Crippen molar-refractivity contribution in [3.05, 3.63) is 47.5 Å². The summed E-state index contributed by atoms with van der Waals surface area (Å²) >= 11 is 0. The molecular weight excluding hydrogens is 271 g/mol. The first-order chi connectivity index (χ1) is 10.2. The first-order valence-corrected chi connectivity index (χ1v) is 7.17. The zero-order valence-corrected chi connectivity index (χ0v) is 11.7. The van der Waals surface area contributed by atoms with Crippen molar-refractivity contribution in [1.82, 2.24) is 9.78 Å². The number of aromatic nitrogens is 2. The van der Waals surface area contributed by atoms with Crippen molar-refractivity contribution in [1.29, 1.82) is 0 Å². The molecule has 4 nitrogen and oxygen atoms in total. The molecule has 0 bridgehead atoms. The van der Waals surface area contributed by atoms with E-state index < -0.39 is 5.82 Å². The zero-order chi connectivity index (χ0) is 14.7. The van der Waals surface area contributed by atoms with Gasteiger partial charge in [0.25, 0.3) is 0 Å². The molecule has 1 aliphatic carbocycles. The van der Waals surface area contributed by atoms with Crippen LogP contribution >= 0.6 is 0 Å². The van der Waals surface area contributed by atoms with E-state index in [9.17, 15) is 9.18 Å². The molecule has 0 atom stereocenters. The molecule has 1 aliphatic rings. The van der Waals surface area contributed by atoms with Crippen molar-refractivity contribution in [2.45, 2.75) is 38.3 Å². The Kier molecular flexibility index (Phi) is 3.99. The molecule has 21 heavy (non-hydrogen) atoms. The highest BCUT2D eigenvalue weighted by Gasteiger charge is 2.17. The van der Waals surface area contributed by atoms with Crippen LogP contribution in [0.4, 0.5) is 4.39 Å². The molecule has 1 heterocycles. The number of hydrogen-bond acceptors (Lipinski definition) is 3. The summed E-state index contributed by atoms with van der Waals surface area (Å²) in [5, 5.41) is 4.50. The van der Waals surface area contributed by atoms with Crippen molar-refractivity contribution in [3.8, 4) is 5.75 Å². The molecular formula is C16H17FN2O2. The van der Waals surface area contributed by atoms with Crippen LogP contribution < -0.4 is 4.74 Å². The molecule has 1 saturated carbocycles. The Morgan fingerprint density at radius 3 is 2.90 bits per heavy atom. The first-order valence-electron chi connectivity index (χ1n) is 7.17. The number of carbonyl (C=O) groups excluding carboxylic acids is 1. The summed E-state index contributed by atoms with van der Waals surface area (Å²) in [5.41, 5.74) is 1.07. The predicted octanol–water partition coefficient (Wildman–Crippen LogP) is 3.53. The molecule has 1 aromatic heterocycles. The molecule has 0 unspecified atom stereocenters. The predicted molar refractivity (Wildman–Crippen MR) is 75.9 cm³/mol. The normalized spacial score (nSPS) is 15.3. The highest BCUT2D eigenvalue weighted by Crippen LogP contribution is 2.28. The number of nitrogens with zero attached hydrogens (tertiary/aromatic N) is 2. The highest BCUT2D eigenvalue weighted by atomic mass is 19.1. The van der Waals surface area contributed by atoms with Gasteiger partial charge < -0.3 is 4.74 Å². The average molecular weight is 288 g/mol. The SMILES string of the molecule is O=Cc1cc(F)cc(OCc2ccn(C3CCCC3)n2)c1. The van der Waals surface area contributed by atoms with Crippen LogP contribution in [0.25, 0.3) is 0 Å². The molecule has 0 amide bonds. The third-order valence-electron chi connectivity index (χ3n) is 3.78. The number of aldehydes is 1. The van der Waals surface area contributed by atoms with E-state index in [0.717, 1.165) is 5.69 Å². The molecule has 110 valence electrons. The lowest BCUT2D eigenvalue weighted by molar-refractivity contribution is 0.112. The topological polar surface area (TPSA) is 44.1 Å². The van der Waals surface area contributed by atoms with Crippen LogP contribution in [0.3, 0.4) is 0 Å². The lowest BCUT2D eigenvalue weighted by Gasteiger charge is -2.09. The summed E-state index contributed by atoms with van der Waals surface area (Å²) in [6.45, 7) is 0.265. The third-order valence-corrected chi connectivity index (χ3v) is 3.78. The van der Waals surface area contributed by atoms with Crippen LogP contribution in [0.15, 0.2) is 30.5 Å². The van der Waals surface area contributed by atoms with Gasteiger partial charge in [0.05, 0.1) is 11.7 Å². The lowest BCUT2D eigenvalue weighted by atomic mass is 10.2. The number of hydrogen-bond donors (Lipinski definition) is 0. The van der Waals surface area contributed by atoms with Crippen LogP contribution in [0.1, 0.15) is 47.8 Å². The van der Waals surface area contributed by atoms with Crippen molar-refractivity contribution >= 4 is 6.29 Å². The van der Waals surface area contributed by atoms with E-state index in [0.29, 0.717) is 18.1 Å². The summed E-state index contributed by atoms with van der Waals surface area (Å²) in [5.74, 6) is -0.140. The number of benzene rings is 1. The number of carbonyl (C=O) groups is 1. The molecule has 0 radical (unpaired) electrons. The minimum atomic E-state index is -0.480. The summed E-state index contributed by atoms with van der Waals surface area (Å²) in [4.78, 5) is 10.7. The Morgan fingerprint density at radius 2 is 2.14 bits per heavy atom. The summed E-state index contributed by atoms with van der Waals surface area (Å²) < 4.78 is 20.8. The van der Waals surface area contributed by atoms with Gasteiger partial charge in [-0.1, -0.05) is 12.8 Å². The molecule has 0 saturated heterocycles. The molecule has 1 fully saturated rings. The van der Waals surface area contributed by atoms with Crippen LogP contribution in [0.2, 0.25) is 0 Å². The zero-order valence-electron chi connectivity index (χ0n) is 11.7. The van der Waals surface area contributed by atoms with Crippen LogP contribution in [-0.2, 0) is 6.61 Å². The Balaban J connectivity index is 1.64. The van der Waals surface area contributed by atoms with E-state index in [4.69, 9.17) is 4.74 Å². The Labute approximate surface area is 122 Å². The molecule has 2 aromatic rings. The van der Waals surface area contributed by atoms with Crippen molar-refractivity contribution in [2.24, 2.45) is 0 Å². The van der Waals surface area contributed by atoms with Gasteiger partial charge in [-0.25, -0.2) is 4.39 Å². The molecule has 3 rings (SSSR count). The lowest BCUT2D eigenvalue weighted by Crippen LogP contribution is -2.06. The fourth-order valence-corrected chi connectivity index (χ4v) is 2.72. The molecule has 0 aliphatic heterocycles. The van der Waals surface area contributed by atoms with E-state index in [2.05, 4.69) is 5.10 Å². The van der Waals surface area contributed by atoms with Crippen LogP contribution in [0.5, 0.6) is 5.75 Å². The van der Waals surface area contributed by atoms with Crippen molar-refractivity contribution in [3.63, 3.8) is 0 Å². The standard InChI is InChI=1S/C16H17FN2O2/c17-13-7-12(10-20)8-16(9-13)21-11-14-5-6-19(18-14)15-3-1-2-4-15/h5-10,15H,1-4,11H2. The van der Waals surface area contributed by atoms with Gasteiger partial charge in [0.2, 0.25) is 0 Å². The van der Waals surface area contributed by atoms with Gasteiger partial charge in [-0.15, -0.1) is 0 Å². The highest BCUT2D eigenvalue weighted by molar-refractivity contribution is 5.75. The average Bonchev–Trinajstić information content (AvgIpc) is 3.15. The summed E-state index contributed by atoms with van der Waals surface area (Å²) in [6.07, 6.45) is 7.44.